The summed E-state index contributed by atoms with van der Waals surface area (Å²) in [5.74, 6) is 0.984. The van der Waals surface area contributed by atoms with Gasteiger partial charge >= 0.3 is 0 Å². The minimum absolute atomic E-state index is 0.463. The number of ether oxygens (including phenoxy) is 1. The lowest BCUT2D eigenvalue weighted by molar-refractivity contribution is 0.303. The van der Waals surface area contributed by atoms with E-state index in [2.05, 4.69) is 53.8 Å². The zero-order chi connectivity index (χ0) is 13.1. The molecule has 19 heavy (non-hydrogen) atoms. The molecule has 1 aliphatic carbocycles. The van der Waals surface area contributed by atoms with Crippen LogP contribution in [0.2, 0.25) is 0 Å². The predicted molar refractivity (Wildman–Crippen MR) is 78.3 cm³/mol. The summed E-state index contributed by atoms with van der Waals surface area (Å²) in [5.41, 5.74) is 3.80. The molecular weight excluding hydrogens is 234 g/mol. The Kier molecular flexibility index (Phi) is 3.51. The third-order valence-corrected chi connectivity index (χ3v) is 3.32. The summed E-state index contributed by atoms with van der Waals surface area (Å²) in [6.45, 7) is 0.900. The zero-order valence-electron chi connectivity index (χ0n) is 11.2. The van der Waals surface area contributed by atoms with Crippen molar-refractivity contribution in [2.24, 2.45) is 0 Å². The first-order chi connectivity index (χ1) is 9.35. The third-order valence-electron chi connectivity index (χ3n) is 3.32. The summed E-state index contributed by atoms with van der Waals surface area (Å²) in [4.78, 5) is 0. The number of hydrogen-bond acceptors (Lipinski definition) is 2. The Bertz CT molecular complexity index is 543. The Labute approximate surface area is 114 Å². The first kappa shape index (κ1) is 12.2. The Balaban J connectivity index is 1.78. The van der Waals surface area contributed by atoms with Gasteiger partial charge in [0.2, 0.25) is 0 Å². The molecule has 2 heteroatoms. The molecule has 0 aliphatic heterocycles. The van der Waals surface area contributed by atoms with Gasteiger partial charge in [0.1, 0.15) is 5.75 Å². The van der Waals surface area contributed by atoms with E-state index in [0.717, 1.165) is 12.3 Å². The van der Waals surface area contributed by atoms with Gasteiger partial charge in [0.15, 0.2) is 0 Å². The van der Waals surface area contributed by atoms with Crippen LogP contribution in [0.1, 0.15) is 18.4 Å². The predicted octanol–water partition coefficient (Wildman–Crippen LogP) is 3.61. The molecule has 0 unspecified atom stereocenters. The van der Waals surface area contributed by atoms with Crippen LogP contribution in [-0.2, 0) is 6.54 Å². The second-order valence-electron chi connectivity index (χ2n) is 5.07. The lowest BCUT2D eigenvalue weighted by atomic mass is 10.0. The highest BCUT2D eigenvalue weighted by atomic mass is 16.5. The van der Waals surface area contributed by atoms with Gasteiger partial charge < -0.3 is 10.1 Å². The SMILES string of the molecule is CNCc1cccc(-c2ccc(OC3CC3)cc2)c1. The van der Waals surface area contributed by atoms with E-state index < -0.39 is 0 Å². The van der Waals surface area contributed by atoms with Gasteiger partial charge in [-0.2, -0.15) is 0 Å². The van der Waals surface area contributed by atoms with E-state index in [4.69, 9.17) is 4.74 Å². The van der Waals surface area contributed by atoms with Crippen molar-refractivity contribution in [2.45, 2.75) is 25.5 Å². The fraction of sp³-hybridized carbons (Fsp3) is 0.294. The number of rotatable bonds is 5. The molecule has 0 bridgehead atoms. The van der Waals surface area contributed by atoms with Crippen molar-refractivity contribution in [3.63, 3.8) is 0 Å². The maximum absolute atomic E-state index is 5.77. The first-order valence-corrected chi connectivity index (χ1v) is 6.86. The summed E-state index contributed by atoms with van der Waals surface area (Å²) < 4.78 is 5.77. The van der Waals surface area contributed by atoms with Gasteiger partial charge in [-0.15, -0.1) is 0 Å². The Hall–Kier alpha value is -1.80. The fourth-order valence-electron chi connectivity index (χ4n) is 2.17. The molecule has 0 aromatic heterocycles. The molecule has 98 valence electrons. The smallest absolute Gasteiger partial charge is 0.119 e. The number of nitrogens with one attached hydrogen (secondary N) is 1. The van der Waals surface area contributed by atoms with Crippen molar-refractivity contribution in [1.82, 2.24) is 5.32 Å². The van der Waals surface area contributed by atoms with E-state index in [-0.39, 0.29) is 0 Å². The Morgan fingerprint density at radius 2 is 1.84 bits per heavy atom. The molecule has 1 aliphatic rings. The van der Waals surface area contributed by atoms with E-state index >= 15 is 0 Å². The van der Waals surface area contributed by atoms with Crippen LogP contribution in [0.4, 0.5) is 0 Å². The molecule has 0 atom stereocenters. The van der Waals surface area contributed by atoms with Crippen molar-refractivity contribution in [3.8, 4) is 16.9 Å². The van der Waals surface area contributed by atoms with Gasteiger partial charge in [-0.05, 0) is 54.8 Å². The number of benzene rings is 2. The van der Waals surface area contributed by atoms with Crippen LogP contribution in [0.25, 0.3) is 11.1 Å². The van der Waals surface area contributed by atoms with Gasteiger partial charge in [-0.1, -0.05) is 30.3 Å². The Morgan fingerprint density at radius 1 is 1.05 bits per heavy atom. The molecule has 0 spiro atoms. The molecular formula is C17H19NO. The molecule has 1 fully saturated rings. The van der Waals surface area contributed by atoms with E-state index in [9.17, 15) is 0 Å². The molecule has 1 saturated carbocycles. The summed E-state index contributed by atoms with van der Waals surface area (Å²) in [7, 11) is 1.97. The zero-order valence-corrected chi connectivity index (χ0v) is 11.2. The van der Waals surface area contributed by atoms with Crippen molar-refractivity contribution in [3.05, 3.63) is 54.1 Å². The van der Waals surface area contributed by atoms with Crippen molar-refractivity contribution < 1.29 is 4.74 Å². The summed E-state index contributed by atoms with van der Waals surface area (Å²) in [6, 6.07) is 17.0. The Morgan fingerprint density at radius 3 is 2.53 bits per heavy atom. The fourth-order valence-corrected chi connectivity index (χ4v) is 2.17. The van der Waals surface area contributed by atoms with Gasteiger partial charge in [0, 0.05) is 6.54 Å². The molecule has 3 rings (SSSR count). The second-order valence-corrected chi connectivity index (χ2v) is 5.07. The van der Waals surface area contributed by atoms with Crippen molar-refractivity contribution >= 4 is 0 Å². The highest BCUT2D eigenvalue weighted by Gasteiger charge is 2.23. The van der Waals surface area contributed by atoms with Crippen LogP contribution in [0, 0.1) is 0 Å². The normalized spacial score (nSPS) is 14.4. The van der Waals surface area contributed by atoms with Crippen molar-refractivity contribution in [1.29, 1.82) is 0 Å². The van der Waals surface area contributed by atoms with Crippen LogP contribution in [0.15, 0.2) is 48.5 Å². The van der Waals surface area contributed by atoms with E-state index in [1.54, 1.807) is 0 Å². The van der Waals surface area contributed by atoms with Crippen LogP contribution in [0.3, 0.4) is 0 Å². The van der Waals surface area contributed by atoms with E-state index in [1.807, 2.05) is 7.05 Å². The molecule has 0 saturated heterocycles. The second kappa shape index (κ2) is 5.45. The van der Waals surface area contributed by atoms with Gasteiger partial charge in [0.05, 0.1) is 6.10 Å². The summed E-state index contributed by atoms with van der Waals surface area (Å²) >= 11 is 0. The molecule has 2 aromatic rings. The molecule has 2 aromatic carbocycles. The largest absolute Gasteiger partial charge is 0.490 e. The molecule has 0 amide bonds. The lowest BCUT2D eigenvalue weighted by Gasteiger charge is -2.07. The van der Waals surface area contributed by atoms with E-state index in [0.29, 0.717) is 6.10 Å². The first-order valence-electron chi connectivity index (χ1n) is 6.86. The summed E-state index contributed by atoms with van der Waals surface area (Å²) in [6.07, 6.45) is 2.87. The molecule has 0 heterocycles. The van der Waals surface area contributed by atoms with Gasteiger partial charge in [-0.3, -0.25) is 0 Å². The summed E-state index contributed by atoms with van der Waals surface area (Å²) in [5, 5.41) is 3.18. The van der Waals surface area contributed by atoms with Crippen LogP contribution in [0.5, 0.6) is 5.75 Å². The van der Waals surface area contributed by atoms with Crippen LogP contribution >= 0.6 is 0 Å². The minimum Gasteiger partial charge on any atom is -0.490 e. The molecule has 0 radical (unpaired) electrons. The van der Waals surface area contributed by atoms with E-state index in [1.165, 1.54) is 29.5 Å². The van der Waals surface area contributed by atoms with Gasteiger partial charge in [-0.25, -0.2) is 0 Å². The lowest BCUT2D eigenvalue weighted by Crippen LogP contribution is -2.04. The monoisotopic (exact) mass is 253 g/mol. The minimum atomic E-state index is 0.463. The molecule has 2 nitrogen and oxygen atoms in total. The maximum atomic E-state index is 5.77. The maximum Gasteiger partial charge on any atom is 0.119 e. The number of hydrogen-bond donors (Lipinski definition) is 1. The average Bonchev–Trinajstić information content (AvgIpc) is 3.24. The average molecular weight is 253 g/mol. The highest BCUT2D eigenvalue weighted by molar-refractivity contribution is 5.64. The van der Waals surface area contributed by atoms with Crippen LogP contribution < -0.4 is 10.1 Å². The third kappa shape index (κ3) is 3.15. The molecule has 1 N–H and O–H groups in total. The quantitative estimate of drug-likeness (QED) is 0.878. The van der Waals surface area contributed by atoms with Gasteiger partial charge in [0.25, 0.3) is 0 Å². The topological polar surface area (TPSA) is 21.3 Å². The standard InChI is InChI=1S/C17H19NO/c1-18-12-13-3-2-4-15(11-13)14-5-7-16(8-6-14)19-17-9-10-17/h2-8,11,17-18H,9-10,12H2,1H3. The highest BCUT2D eigenvalue weighted by Crippen LogP contribution is 2.28. The van der Waals surface area contributed by atoms with Crippen molar-refractivity contribution in [2.75, 3.05) is 7.05 Å². The van der Waals surface area contributed by atoms with Crippen LogP contribution in [-0.4, -0.2) is 13.2 Å².